The minimum Gasteiger partial charge on any atom is -0.349 e. The average Bonchev–Trinajstić information content (AvgIpc) is 2.78. The number of piperidine rings is 1. The standard InChI is InChI=1S/C28H38N2O/c31-28(29-27-11-7-2-1-3-8-12-27)26-15-13-25(14-16-26)22-30-19-17-24(18-20-30)21-23-9-5-4-6-10-23/h4-6,9-10,13-16,24,27H,1-3,7-8,11-12,17-22H2,(H,29,31). The first-order chi connectivity index (χ1) is 15.3. The Morgan fingerprint density at radius 1 is 0.774 bits per heavy atom. The van der Waals surface area contributed by atoms with E-state index < -0.39 is 0 Å². The highest BCUT2D eigenvalue weighted by molar-refractivity contribution is 5.94. The Hall–Kier alpha value is -2.13. The van der Waals surface area contributed by atoms with Gasteiger partial charge >= 0.3 is 0 Å². The van der Waals surface area contributed by atoms with E-state index in [4.69, 9.17) is 0 Å². The van der Waals surface area contributed by atoms with E-state index in [-0.39, 0.29) is 5.91 Å². The van der Waals surface area contributed by atoms with Crippen molar-refractivity contribution in [2.24, 2.45) is 5.92 Å². The second-order valence-corrected chi connectivity index (χ2v) is 9.62. The number of likely N-dealkylation sites (tertiary alicyclic amines) is 1. The van der Waals surface area contributed by atoms with Crippen LogP contribution in [-0.2, 0) is 13.0 Å². The molecule has 3 nitrogen and oxygen atoms in total. The van der Waals surface area contributed by atoms with Crippen molar-refractivity contribution in [3.63, 3.8) is 0 Å². The third-order valence-electron chi connectivity index (χ3n) is 7.14. The predicted octanol–water partition coefficient (Wildman–Crippen LogP) is 5.98. The molecule has 1 amide bonds. The van der Waals surface area contributed by atoms with Gasteiger partial charge in [0.1, 0.15) is 0 Å². The average molecular weight is 419 g/mol. The number of benzene rings is 2. The summed E-state index contributed by atoms with van der Waals surface area (Å²) < 4.78 is 0. The van der Waals surface area contributed by atoms with Gasteiger partial charge in [-0.2, -0.15) is 0 Å². The molecule has 4 rings (SSSR count). The molecule has 1 saturated heterocycles. The first-order valence-electron chi connectivity index (χ1n) is 12.4. The van der Waals surface area contributed by atoms with Crippen LogP contribution in [-0.4, -0.2) is 29.9 Å². The van der Waals surface area contributed by atoms with Crippen LogP contribution in [0, 0.1) is 5.92 Å². The number of carbonyl (C=O) groups excluding carboxylic acids is 1. The molecule has 0 bridgehead atoms. The fraction of sp³-hybridized carbons (Fsp3) is 0.536. The van der Waals surface area contributed by atoms with Gasteiger partial charge in [-0.3, -0.25) is 9.69 Å². The van der Waals surface area contributed by atoms with Crippen molar-refractivity contribution < 1.29 is 4.79 Å². The van der Waals surface area contributed by atoms with E-state index in [2.05, 4.69) is 52.7 Å². The van der Waals surface area contributed by atoms with Crippen LogP contribution in [0.4, 0.5) is 0 Å². The minimum atomic E-state index is 0.0962. The van der Waals surface area contributed by atoms with Crippen molar-refractivity contribution >= 4 is 5.91 Å². The molecule has 0 spiro atoms. The van der Waals surface area contributed by atoms with Gasteiger partial charge in [-0.25, -0.2) is 0 Å². The number of carbonyl (C=O) groups is 1. The third-order valence-corrected chi connectivity index (χ3v) is 7.14. The zero-order valence-corrected chi connectivity index (χ0v) is 18.9. The highest BCUT2D eigenvalue weighted by atomic mass is 16.1. The Morgan fingerprint density at radius 2 is 1.42 bits per heavy atom. The first-order valence-corrected chi connectivity index (χ1v) is 12.4. The van der Waals surface area contributed by atoms with Crippen molar-refractivity contribution in [2.45, 2.75) is 76.8 Å². The van der Waals surface area contributed by atoms with E-state index in [1.54, 1.807) is 0 Å². The van der Waals surface area contributed by atoms with Gasteiger partial charge in [0.2, 0.25) is 0 Å². The van der Waals surface area contributed by atoms with Crippen molar-refractivity contribution in [1.82, 2.24) is 10.2 Å². The second kappa shape index (κ2) is 11.5. The van der Waals surface area contributed by atoms with E-state index in [1.807, 2.05) is 12.1 Å². The molecule has 2 aromatic rings. The summed E-state index contributed by atoms with van der Waals surface area (Å²) in [5, 5.41) is 3.28. The van der Waals surface area contributed by atoms with Crippen LogP contribution < -0.4 is 5.32 Å². The first kappa shape index (κ1) is 22.1. The molecule has 2 aromatic carbocycles. The summed E-state index contributed by atoms with van der Waals surface area (Å²) in [6, 6.07) is 19.5. The van der Waals surface area contributed by atoms with Crippen LogP contribution in [0.25, 0.3) is 0 Å². The SMILES string of the molecule is O=C(NC1CCCCCCC1)c1ccc(CN2CCC(Cc3ccccc3)CC2)cc1. The summed E-state index contributed by atoms with van der Waals surface area (Å²) in [6.45, 7) is 3.32. The zero-order valence-electron chi connectivity index (χ0n) is 18.9. The molecule has 1 saturated carbocycles. The van der Waals surface area contributed by atoms with E-state index in [0.717, 1.165) is 30.9 Å². The van der Waals surface area contributed by atoms with Gasteiger partial charge in [0.05, 0.1) is 0 Å². The maximum absolute atomic E-state index is 12.7. The molecule has 1 heterocycles. The summed E-state index contributed by atoms with van der Waals surface area (Å²) in [4.78, 5) is 15.2. The van der Waals surface area contributed by atoms with Gasteiger partial charge in [-0.05, 0) is 74.4 Å². The fourth-order valence-electron chi connectivity index (χ4n) is 5.19. The summed E-state index contributed by atoms with van der Waals surface area (Å²) in [6.07, 6.45) is 12.5. The molecule has 0 radical (unpaired) electrons. The van der Waals surface area contributed by atoms with Gasteiger partial charge in [0.25, 0.3) is 5.91 Å². The lowest BCUT2D eigenvalue weighted by Crippen LogP contribution is -2.35. The molecule has 3 heteroatoms. The van der Waals surface area contributed by atoms with E-state index in [0.29, 0.717) is 6.04 Å². The summed E-state index contributed by atoms with van der Waals surface area (Å²) >= 11 is 0. The number of hydrogen-bond donors (Lipinski definition) is 1. The molecule has 2 aliphatic rings. The highest BCUT2D eigenvalue weighted by Crippen LogP contribution is 2.23. The van der Waals surface area contributed by atoms with Crippen LogP contribution in [0.3, 0.4) is 0 Å². The Morgan fingerprint density at radius 3 is 2.10 bits per heavy atom. The molecule has 2 fully saturated rings. The molecule has 0 atom stereocenters. The van der Waals surface area contributed by atoms with Gasteiger partial charge in [0, 0.05) is 18.2 Å². The molecular formula is C28H38N2O. The molecule has 0 unspecified atom stereocenters. The number of rotatable bonds is 6. The van der Waals surface area contributed by atoms with Gasteiger partial charge < -0.3 is 5.32 Å². The van der Waals surface area contributed by atoms with Gasteiger partial charge in [-0.15, -0.1) is 0 Å². The topological polar surface area (TPSA) is 32.3 Å². The lowest BCUT2D eigenvalue weighted by Gasteiger charge is -2.32. The van der Waals surface area contributed by atoms with Crippen LogP contribution in [0.1, 0.15) is 79.3 Å². The third kappa shape index (κ3) is 6.93. The van der Waals surface area contributed by atoms with Crippen LogP contribution in [0.5, 0.6) is 0 Å². The van der Waals surface area contributed by atoms with Crippen LogP contribution in [0.15, 0.2) is 54.6 Å². The number of nitrogens with zero attached hydrogens (tertiary/aromatic N) is 1. The number of amides is 1. The lowest BCUT2D eigenvalue weighted by molar-refractivity contribution is 0.0930. The molecule has 166 valence electrons. The number of hydrogen-bond acceptors (Lipinski definition) is 2. The monoisotopic (exact) mass is 418 g/mol. The quantitative estimate of drug-likeness (QED) is 0.625. The Bertz CT molecular complexity index is 786. The van der Waals surface area contributed by atoms with Crippen LogP contribution >= 0.6 is 0 Å². The van der Waals surface area contributed by atoms with Crippen molar-refractivity contribution in [3.05, 3.63) is 71.3 Å². The maximum Gasteiger partial charge on any atom is 0.251 e. The smallest absolute Gasteiger partial charge is 0.251 e. The molecule has 1 N–H and O–H groups in total. The zero-order chi connectivity index (χ0) is 21.3. The van der Waals surface area contributed by atoms with E-state index >= 15 is 0 Å². The molecular weight excluding hydrogens is 380 g/mol. The largest absolute Gasteiger partial charge is 0.349 e. The Labute approximate surface area is 188 Å². The van der Waals surface area contributed by atoms with Crippen LogP contribution in [0.2, 0.25) is 0 Å². The molecule has 31 heavy (non-hydrogen) atoms. The summed E-state index contributed by atoms with van der Waals surface area (Å²) in [7, 11) is 0. The van der Waals surface area contributed by atoms with Crippen molar-refractivity contribution in [3.8, 4) is 0 Å². The number of nitrogens with one attached hydrogen (secondary N) is 1. The van der Waals surface area contributed by atoms with Gasteiger partial charge in [-0.1, -0.05) is 74.6 Å². The fourth-order valence-corrected chi connectivity index (χ4v) is 5.19. The summed E-state index contributed by atoms with van der Waals surface area (Å²) in [5.41, 5.74) is 3.57. The molecule has 1 aliphatic carbocycles. The Balaban J connectivity index is 1.22. The molecule has 1 aliphatic heterocycles. The predicted molar refractivity (Wildman–Crippen MR) is 128 cm³/mol. The normalized spacial score (nSPS) is 19.5. The van der Waals surface area contributed by atoms with E-state index in [1.165, 1.54) is 75.6 Å². The van der Waals surface area contributed by atoms with Gasteiger partial charge in [0.15, 0.2) is 0 Å². The van der Waals surface area contributed by atoms with Crippen molar-refractivity contribution in [2.75, 3.05) is 13.1 Å². The van der Waals surface area contributed by atoms with E-state index in [9.17, 15) is 4.79 Å². The maximum atomic E-state index is 12.7. The minimum absolute atomic E-state index is 0.0962. The Kier molecular flexibility index (Phi) is 8.17. The van der Waals surface area contributed by atoms with Crippen molar-refractivity contribution in [1.29, 1.82) is 0 Å². The lowest BCUT2D eigenvalue weighted by atomic mass is 9.90. The molecule has 0 aromatic heterocycles. The summed E-state index contributed by atoms with van der Waals surface area (Å²) in [5.74, 6) is 0.900. The highest BCUT2D eigenvalue weighted by Gasteiger charge is 2.20. The second-order valence-electron chi connectivity index (χ2n) is 9.62.